The Balaban J connectivity index is 0.00000144. The van der Waals surface area contributed by atoms with Crippen LogP contribution in [0.15, 0.2) is 29.9 Å². The molecule has 3 aromatic heterocycles. The number of hydrogen-bond donors (Lipinski definition) is 2. The minimum absolute atomic E-state index is 0.0192. The minimum atomic E-state index is -0.415. The third-order valence-corrected chi connectivity index (χ3v) is 9.07. The van der Waals surface area contributed by atoms with Crippen molar-refractivity contribution in [1.29, 1.82) is 0 Å². The molecule has 8 nitrogen and oxygen atoms in total. The lowest BCUT2D eigenvalue weighted by molar-refractivity contribution is -0.138. The SMILES string of the molecule is CC.C[C@H](Nc1nc(C(=O)N2CC(NC(=O)C34CCC(CC3)CC4)C2)c2sccc2n1)c1cncc(F)c1. The first-order valence-electron chi connectivity index (χ1n) is 13.6. The van der Waals surface area contributed by atoms with Gasteiger partial charge in [-0.05, 0) is 74.4 Å². The van der Waals surface area contributed by atoms with E-state index in [4.69, 9.17) is 0 Å². The molecule has 1 atom stereocenters. The molecule has 0 spiro atoms. The van der Waals surface area contributed by atoms with Gasteiger partial charge in [-0.1, -0.05) is 13.8 Å². The van der Waals surface area contributed by atoms with Gasteiger partial charge in [-0.2, -0.15) is 0 Å². The Morgan fingerprint density at radius 2 is 1.84 bits per heavy atom. The van der Waals surface area contributed by atoms with Crippen molar-refractivity contribution in [3.63, 3.8) is 0 Å². The molecule has 3 saturated carbocycles. The van der Waals surface area contributed by atoms with Crippen molar-refractivity contribution < 1.29 is 14.0 Å². The predicted molar refractivity (Wildman–Crippen MR) is 146 cm³/mol. The number of pyridine rings is 1. The Morgan fingerprint density at radius 3 is 2.53 bits per heavy atom. The number of thiophene rings is 1. The van der Waals surface area contributed by atoms with Gasteiger partial charge in [0.2, 0.25) is 11.9 Å². The zero-order chi connectivity index (χ0) is 26.9. The standard InChI is InChI=1S/C26H29FN6O2S.C2H6/c1-15(17-10-18(27)12-28-11-17)29-25-31-20-5-9-36-22(20)21(32-25)23(34)33-13-19(14-33)30-24(35)26-6-2-16(3-7-26)4-8-26;1-2/h5,9-12,15-16,19H,2-4,6-8,13-14H2,1H3,(H,30,35)(H,29,31,32);1-2H3/t15-,16?,26?;/m0./s1. The van der Waals surface area contributed by atoms with Crippen LogP contribution in [0.1, 0.15) is 81.4 Å². The molecule has 1 aliphatic heterocycles. The maximum absolute atomic E-state index is 13.6. The molecule has 4 heterocycles. The molecule has 3 aromatic rings. The number of fused-ring (bicyclic) bond motifs is 4. The third kappa shape index (κ3) is 5.10. The van der Waals surface area contributed by atoms with Gasteiger partial charge >= 0.3 is 0 Å². The summed E-state index contributed by atoms with van der Waals surface area (Å²) in [6.07, 6.45) is 9.22. The van der Waals surface area contributed by atoms with Crippen LogP contribution in [0.5, 0.6) is 0 Å². The summed E-state index contributed by atoms with van der Waals surface area (Å²) in [5.41, 5.74) is 1.49. The van der Waals surface area contributed by atoms with E-state index in [9.17, 15) is 14.0 Å². The molecule has 2 bridgehead atoms. The minimum Gasteiger partial charge on any atom is -0.349 e. The Kier molecular flexibility index (Phi) is 7.61. The molecule has 2 amide bonds. The number of carbonyl (C=O) groups is 2. The largest absolute Gasteiger partial charge is 0.349 e. The first-order chi connectivity index (χ1) is 18.4. The van der Waals surface area contributed by atoms with Crippen molar-refractivity contribution >= 4 is 39.3 Å². The van der Waals surface area contributed by atoms with Crippen LogP contribution in [0.3, 0.4) is 0 Å². The van der Waals surface area contributed by atoms with Gasteiger partial charge in [-0.25, -0.2) is 14.4 Å². The molecule has 10 heteroatoms. The average Bonchev–Trinajstić information content (AvgIpc) is 3.40. The van der Waals surface area contributed by atoms with E-state index in [0.29, 0.717) is 35.8 Å². The summed E-state index contributed by atoms with van der Waals surface area (Å²) in [7, 11) is 0. The Morgan fingerprint density at radius 1 is 1.13 bits per heavy atom. The number of aromatic nitrogens is 3. The van der Waals surface area contributed by atoms with Crippen molar-refractivity contribution in [3.05, 3.63) is 47.0 Å². The van der Waals surface area contributed by atoms with Crippen molar-refractivity contribution in [3.8, 4) is 0 Å². The smallest absolute Gasteiger partial charge is 0.274 e. The molecular weight excluding hydrogens is 503 g/mol. The van der Waals surface area contributed by atoms with Crippen LogP contribution in [-0.4, -0.2) is 50.8 Å². The summed E-state index contributed by atoms with van der Waals surface area (Å²) in [6.45, 7) is 6.82. The highest BCUT2D eigenvalue weighted by Gasteiger charge is 2.47. The van der Waals surface area contributed by atoms with Crippen LogP contribution in [-0.2, 0) is 4.79 Å². The average molecular weight is 539 g/mol. The molecule has 0 radical (unpaired) electrons. The molecule has 0 aromatic carbocycles. The van der Waals surface area contributed by atoms with Crippen molar-refractivity contribution in [2.75, 3.05) is 18.4 Å². The van der Waals surface area contributed by atoms with E-state index in [-0.39, 0.29) is 29.3 Å². The van der Waals surface area contributed by atoms with Crippen LogP contribution in [0.2, 0.25) is 0 Å². The number of nitrogens with one attached hydrogen (secondary N) is 2. The van der Waals surface area contributed by atoms with E-state index in [1.807, 2.05) is 32.2 Å². The lowest BCUT2D eigenvalue weighted by Crippen LogP contribution is -2.63. The summed E-state index contributed by atoms with van der Waals surface area (Å²) < 4.78 is 14.3. The van der Waals surface area contributed by atoms with Gasteiger partial charge in [0.05, 0.1) is 28.5 Å². The van der Waals surface area contributed by atoms with Gasteiger partial charge in [-0.15, -0.1) is 11.3 Å². The molecule has 7 rings (SSSR count). The van der Waals surface area contributed by atoms with E-state index in [2.05, 4.69) is 25.6 Å². The number of carbonyl (C=O) groups excluding carboxylic acids is 2. The number of anilines is 1. The monoisotopic (exact) mass is 538 g/mol. The molecule has 202 valence electrons. The van der Waals surface area contributed by atoms with E-state index < -0.39 is 5.82 Å². The van der Waals surface area contributed by atoms with Crippen LogP contribution in [0.25, 0.3) is 10.2 Å². The highest BCUT2D eigenvalue weighted by Crippen LogP contribution is 2.50. The molecule has 3 aliphatic carbocycles. The zero-order valence-corrected chi connectivity index (χ0v) is 23.0. The van der Waals surface area contributed by atoms with Crippen LogP contribution < -0.4 is 10.6 Å². The molecule has 4 aliphatic rings. The quantitative estimate of drug-likeness (QED) is 0.440. The van der Waals surface area contributed by atoms with E-state index in [1.54, 1.807) is 11.1 Å². The normalized spacial score (nSPS) is 23.3. The van der Waals surface area contributed by atoms with Gasteiger partial charge in [0.25, 0.3) is 5.91 Å². The van der Waals surface area contributed by atoms with Crippen molar-refractivity contribution in [2.45, 2.75) is 71.4 Å². The van der Waals surface area contributed by atoms with Crippen molar-refractivity contribution in [2.24, 2.45) is 11.3 Å². The third-order valence-electron chi connectivity index (χ3n) is 8.16. The Bertz CT molecular complexity index is 1300. The number of likely N-dealkylation sites (tertiary alicyclic amines) is 1. The van der Waals surface area contributed by atoms with Crippen LogP contribution in [0.4, 0.5) is 10.3 Å². The number of rotatable bonds is 6. The van der Waals surface area contributed by atoms with E-state index >= 15 is 0 Å². The highest BCUT2D eigenvalue weighted by atomic mass is 32.1. The molecule has 38 heavy (non-hydrogen) atoms. The van der Waals surface area contributed by atoms with Crippen LogP contribution >= 0.6 is 11.3 Å². The Hall–Kier alpha value is -3.14. The van der Waals surface area contributed by atoms with Gasteiger partial charge in [0, 0.05) is 24.7 Å². The zero-order valence-electron chi connectivity index (χ0n) is 22.2. The highest BCUT2D eigenvalue weighted by molar-refractivity contribution is 7.17. The van der Waals surface area contributed by atoms with E-state index in [0.717, 1.165) is 55.3 Å². The molecular formula is C28H35FN6O2S. The second kappa shape index (κ2) is 10.9. The first-order valence-corrected chi connectivity index (χ1v) is 14.5. The second-order valence-corrected chi connectivity index (χ2v) is 11.4. The van der Waals surface area contributed by atoms with Gasteiger partial charge in [-0.3, -0.25) is 14.6 Å². The fourth-order valence-corrected chi connectivity index (χ4v) is 6.64. The molecule has 1 saturated heterocycles. The molecule has 2 N–H and O–H groups in total. The molecule has 4 fully saturated rings. The van der Waals surface area contributed by atoms with E-state index in [1.165, 1.54) is 17.4 Å². The van der Waals surface area contributed by atoms with Gasteiger partial charge < -0.3 is 15.5 Å². The fraction of sp³-hybridized carbons (Fsp3) is 0.536. The number of nitrogens with zero attached hydrogens (tertiary/aromatic N) is 4. The number of amides is 2. The second-order valence-electron chi connectivity index (χ2n) is 10.5. The summed E-state index contributed by atoms with van der Waals surface area (Å²) in [6, 6.07) is 2.95. The first kappa shape index (κ1) is 26.5. The molecule has 0 unspecified atom stereocenters. The van der Waals surface area contributed by atoms with Gasteiger partial charge in [0.1, 0.15) is 5.82 Å². The maximum atomic E-state index is 13.6. The number of hydrogen-bond acceptors (Lipinski definition) is 7. The summed E-state index contributed by atoms with van der Waals surface area (Å²) in [4.78, 5) is 41.2. The predicted octanol–water partition coefficient (Wildman–Crippen LogP) is 5.34. The lowest BCUT2D eigenvalue weighted by Gasteiger charge is -2.47. The van der Waals surface area contributed by atoms with Crippen molar-refractivity contribution in [1.82, 2.24) is 25.2 Å². The topological polar surface area (TPSA) is 100 Å². The summed E-state index contributed by atoms with van der Waals surface area (Å²) in [5, 5.41) is 8.28. The van der Waals surface area contributed by atoms with Gasteiger partial charge in [0.15, 0.2) is 5.69 Å². The lowest BCUT2D eigenvalue weighted by atomic mass is 9.60. The Labute approximate surface area is 226 Å². The van der Waals surface area contributed by atoms with Crippen LogP contribution in [0, 0.1) is 17.2 Å². The fourth-order valence-electron chi connectivity index (χ4n) is 5.83. The summed E-state index contributed by atoms with van der Waals surface area (Å²) in [5.74, 6) is 0.702. The number of halogens is 1. The summed E-state index contributed by atoms with van der Waals surface area (Å²) >= 11 is 1.43. The maximum Gasteiger partial charge on any atom is 0.274 e.